The summed E-state index contributed by atoms with van der Waals surface area (Å²) < 4.78 is 25.9. The molecule has 1 atom stereocenters. The molecule has 0 aliphatic carbocycles. The van der Waals surface area contributed by atoms with Gasteiger partial charge < -0.3 is 4.90 Å². The lowest BCUT2D eigenvalue weighted by atomic mass is 10.1. The Kier molecular flexibility index (Phi) is 5.54. The summed E-state index contributed by atoms with van der Waals surface area (Å²) in [5, 5.41) is 0. The monoisotopic (exact) mass is 275 g/mol. The predicted molar refractivity (Wildman–Crippen MR) is 67.5 cm³/mol. The highest BCUT2D eigenvalue weighted by atomic mass is 35.5. The molecule has 0 N–H and O–H groups in total. The topological polar surface area (TPSA) is 20.3 Å². The van der Waals surface area contributed by atoms with E-state index < -0.39 is 11.6 Å². The average molecular weight is 276 g/mol. The first-order valence-electron chi connectivity index (χ1n) is 5.74. The summed E-state index contributed by atoms with van der Waals surface area (Å²) in [6.45, 7) is 1.77. The maximum Gasteiger partial charge on any atom is 0.222 e. The fourth-order valence-corrected chi connectivity index (χ4v) is 1.74. The van der Waals surface area contributed by atoms with Crippen LogP contribution in [0.5, 0.6) is 0 Å². The second kappa shape index (κ2) is 6.69. The lowest BCUT2D eigenvalue weighted by molar-refractivity contribution is -0.131. The number of amides is 1. The Balaban J connectivity index is 2.76. The van der Waals surface area contributed by atoms with Crippen molar-refractivity contribution in [2.45, 2.75) is 25.8 Å². The maximum atomic E-state index is 13.1. The maximum absolute atomic E-state index is 13.1. The Bertz CT molecular complexity index is 425. The van der Waals surface area contributed by atoms with Crippen LogP contribution >= 0.6 is 11.6 Å². The van der Waals surface area contributed by atoms with Gasteiger partial charge in [-0.25, -0.2) is 8.78 Å². The van der Waals surface area contributed by atoms with Crippen molar-refractivity contribution >= 4 is 17.5 Å². The molecule has 0 aliphatic rings. The zero-order valence-corrected chi connectivity index (χ0v) is 11.2. The van der Waals surface area contributed by atoms with Gasteiger partial charge >= 0.3 is 0 Å². The van der Waals surface area contributed by atoms with Crippen molar-refractivity contribution in [2.24, 2.45) is 0 Å². The van der Waals surface area contributed by atoms with E-state index >= 15 is 0 Å². The molecule has 0 aliphatic heterocycles. The Hall–Kier alpha value is -1.16. The first kappa shape index (κ1) is 14.9. The number of carbonyl (C=O) groups excluding carboxylic acids is 1. The van der Waals surface area contributed by atoms with Crippen LogP contribution in [0, 0.1) is 11.6 Å². The van der Waals surface area contributed by atoms with Crippen LogP contribution < -0.4 is 0 Å². The van der Waals surface area contributed by atoms with Crippen molar-refractivity contribution in [3.8, 4) is 0 Å². The lowest BCUT2D eigenvalue weighted by Crippen LogP contribution is -2.29. The molecule has 0 aromatic heterocycles. The number of hydrogen-bond donors (Lipinski definition) is 0. The van der Waals surface area contributed by atoms with Crippen molar-refractivity contribution in [1.29, 1.82) is 0 Å². The van der Waals surface area contributed by atoms with Crippen molar-refractivity contribution < 1.29 is 13.6 Å². The van der Waals surface area contributed by atoms with E-state index in [1.165, 1.54) is 11.0 Å². The van der Waals surface area contributed by atoms with E-state index in [0.717, 1.165) is 12.1 Å². The van der Waals surface area contributed by atoms with Crippen LogP contribution in [0.25, 0.3) is 0 Å². The molecule has 1 aromatic carbocycles. The molecule has 100 valence electrons. The first-order valence-corrected chi connectivity index (χ1v) is 6.27. The first-order chi connectivity index (χ1) is 8.47. The molecule has 1 aromatic rings. The highest BCUT2D eigenvalue weighted by Gasteiger charge is 2.18. The van der Waals surface area contributed by atoms with Gasteiger partial charge in [-0.15, -0.1) is 11.6 Å². The van der Waals surface area contributed by atoms with E-state index in [4.69, 9.17) is 11.6 Å². The summed E-state index contributed by atoms with van der Waals surface area (Å²) in [5.41, 5.74) is 0.565. The summed E-state index contributed by atoms with van der Waals surface area (Å²) in [5.74, 6) is -1.42. The second-order valence-electron chi connectivity index (χ2n) is 4.15. The van der Waals surface area contributed by atoms with Crippen LogP contribution in [-0.4, -0.2) is 23.7 Å². The molecule has 18 heavy (non-hydrogen) atoms. The number of alkyl halides is 1. The molecule has 1 unspecified atom stereocenters. The van der Waals surface area contributed by atoms with E-state index in [2.05, 4.69) is 0 Å². The van der Waals surface area contributed by atoms with E-state index in [0.29, 0.717) is 24.3 Å². The van der Waals surface area contributed by atoms with Gasteiger partial charge in [0.15, 0.2) is 11.6 Å². The van der Waals surface area contributed by atoms with Crippen LogP contribution in [0.3, 0.4) is 0 Å². The number of carbonyl (C=O) groups is 1. The zero-order valence-electron chi connectivity index (χ0n) is 10.4. The van der Waals surface area contributed by atoms with Gasteiger partial charge in [-0.05, 0) is 31.0 Å². The van der Waals surface area contributed by atoms with Gasteiger partial charge in [0.25, 0.3) is 0 Å². The minimum absolute atomic E-state index is 0.0621. The molecule has 5 heteroatoms. The number of hydrogen-bond acceptors (Lipinski definition) is 1. The van der Waals surface area contributed by atoms with Gasteiger partial charge in [0.2, 0.25) is 5.91 Å². The van der Waals surface area contributed by atoms with Crippen LogP contribution in [0.15, 0.2) is 18.2 Å². The van der Waals surface area contributed by atoms with Crippen LogP contribution in [0.2, 0.25) is 0 Å². The predicted octanol–water partition coefficient (Wildman–Crippen LogP) is 3.50. The van der Waals surface area contributed by atoms with Crippen molar-refractivity contribution in [1.82, 2.24) is 4.90 Å². The molecule has 0 saturated heterocycles. The summed E-state index contributed by atoms with van der Waals surface area (Å²) in [4.78, 5) is 13.3. The van der Waals surface area contributed by atoms with Crippen molar-refractivity contribution in [2.75, 3.05) is 12.9 Å². The van der Waals surface area contributed by atoms with E-state index in [1.54, 1.807) is 14.0 Å². The van der Waals surface area contributed by atoms with E-state index in [-0.39, 0.29) is 11.9 Å². The van der Waals surface area contributed by atoms with Crippen LogP contribution in [-0.2, 0) is 4.79 Å². The normalized spacial score (nSPS) is 12.3. The number of rotatable bonds is 5. The fourth-order valence-electron chi connectivity index (χ4n) is 1.61. The molecule has 0 radical (unpaired) electrons. The summed E-state index contributed by atoms with van der Waals surface area (Å²) in [7, 11) is 1.64. The Morgan fingerprint density at radius 1 is 1.39 bits per heavy atom. The molecule has 0 heterocycles. The second-order valence-corrected chi connectivity index (χ2v) is 4.52. The molecule has 1 rings (SSSR count). The molecule has 0 spiro atoms. The fraction of sp³-hybridized carbons (Fsp3) is 0.462. The zero-order chi connectivity index (χ0) is 13.7. The third-order valence-electron chi connectivity index (χ3n) is 2.92. The smallest absolute Gasteiger partial charge is 0.222 e. The van der Waals surface area contributed by atoms with Gasteiger partial charge in [-0.3, -0.25) is 4.79 Å². The summed E-state index contributed by atoms with van der Waals surface area (Å²) in [6, 6.07) is 3.36. The van der Waals surface area contributed by atoms with Crippen LogP contribution in [0.4, 0.5) is 8.78 Å². The molecule has 0 saturated carbocycles. The summed E-state index contributed by atoms with van der Waals surface area (Å²) >= 11 is 5.52. The highest BCUT2D eigenvalue weighted by molar-refractivity contribution is 6.17. The van der Waals surface area contributed by atoms with Crippen molar-refractivity contribution in [3.63, 3.8) is 0 Å². The molecular formula is C13H16ClF2NO. The van der Waals surface area contributed by atoms with Crippen LogP contribution in [0.1, 0.15) is 31.4 Å². The molecule has 1 amide bonds. The van der Waals surface area contributed by atoms with Gasteiger partial charge in [-0.1, -0.05) is 6.07 Å². The molecule has 2 nitrogen and oxygen atoms in total. The van der Waals surface area contributed by atoms with Crippen molar-refractivity contribution in [3.05, 3.63) is 35.4 Å². The van der Waals surface area contributed by atoms with E-state index in [1.807, 2.05) is 0 Å². The Morgan fingerprint density at radius 2 is 2.06 bits per heavy atom. The lowest BCUT2D eigenvalue weighted by Gasteiger charge is -2.25. The van der Waals surface area contributed by atoms with Gasteiger partial charge in [0, 0.05) is 19.3 Å². The largest absolute Gasteiger partial charge is 0.339 e. The molecular weight excluding hydrogens is 260 g/mol. The van der Waals surface area contributed by atoms with Gasteiger partial charge in [0.1, 0.15) is 0 Å². The number of halogens is 3. The Labute approximate surface area is 111 Å². The highest BCUT2D eigenvalue weighted by Crippen LogP contribution is 2.21. The number of benzene rings is 1. The quantitative estimate of drug-likeness (QED) is 0.753. The summed E-state index contributed by atoms with van der Waals surface area (Å²) in [6.07, 6.45) is 0.962. The van der Waals surface area contributed by atoms with Gasteiger partial charge in [-0.2, -0.15) is 0 Å². The standard InChI is InChI=1S/C13H16ClF2NO/c1-9(17(2)13(18)4-3-7-14)10-5-6-11(15)12(16)8-10/h5-6,8-9H,3-4,7H2,1-2H3. The van der Waals surface area contributed by atoms with Gasteiger partial charge in [0.05, 0.1) is 6.04 Å². The average Bonchev–Trinajstić information content (AvgIpc) is 2.37. The third kappa shape index (κ3) is 3.67. The Morgan fingerprint density at radius 3 is 2.61 bits per heavy atom. The van der Waals surface area contributed by atoms with E-state index in [9.17, 15) is 13.6 Å². The minimum atomic E-state index is -0.902. The number of nitrogens with zero attached hydrogens (tertiary/aromatic N) is 1. The third-order valence-corrected chi connectivity index (χ3v) is 3.19. The molecule has 0 bridgehead atoms. The SMILES string of the molecule is CC(c1ccc(F)c(F)c1)N(C)C(=O)CCCCl. The molecule has 0 fully saturated rings. The minimum Gasteiger partial charge on any atom is -0.339 e.